The van der Waals surface area contributed by atoms with Crippen LogP contribution in [0.3, 0.4) is 0 Å². The van der Waals surface area contributed by atoms with E-state index in [1.807, 2.05) is 13.0 Å². The number of carbonyl (C=O) groups is 1. The molecule has 23 heavy (non-hydrogen) atoms. The normalized spacial score (nSPS) is 21.4. The average molecular weight is 316 g/mol. The van der Waals surface area contributed by atoms with Gasteiger partial charge in [0, 0.05) is 6.54 Å². The first-order valence-electron chi connectivity index (χ1n) is 7.94. The van der Waals surface area contributed by atoms with Crippen molar-refractivity contribution in [2.45, 2.75) is 39.2 Å². The van der Waals surface area contributed by atoms with Gasteiger partial charge in [-0.15, -0.1) is 0 Å². The number of hydrogen-bond acceptors (Lipinski definition) is 3. The van der Waals surface area contributed by atoms with Gasteiger partial charge in [-0.05, 0) is 37.3 Å². The summed E-state index contributed by atoms with van der Waals surface area (Å²) in [7, 11) is 0. The number of fused-ring (bicyclic) bond motifs is 1. The summed E-state index contributed by atoms with van der Waals surface area (Å²) in [6, 6.07) is 5.32. The molecule has 1 aliphatic rings. The SMILES string of the molecule is Cc1cccc2[nH]c(=O)n(CC3CCCCC3C(=O)O)c(=O)c12. The first-order valence-corrected chi connectivity index (χ1v) is 7.94. The molecule has 0 bridgehead atoms. The molecule has 2 atom stereocenters. The lowest BCUT2D eigenvalue weighted by molar-refractivity contribution is -0.145. The van der Waals surface area contributed by atoms with Crippen molar-refractivity contribution in [3.05, 3.63) is 44.6 Å². The van der Waals surface area contributed by atoms with E-state index in [-0.39, 0.29) is 18.0 Å². The lowest BCUT2D eigenvalue weighted by Crippen LogP contribution is -2.40. The van der Waals surface area contributed by atoms with E-state index in [2.05, 4.69) is 4.98 Å². The van der Waals surface area contributed by atoms with Crippen LogP contribution in [-0.4, -0.2) is 20.6 Å². The van der Waals surface area contributed by atoms with Crippen LogP contribution in [0.25, 0.3) is 10.9 Å². The minimum Gasteiger partial charge on any atom is -0.481 e. The summed E-state index contributed by atoms with van der Waals surface area (Å²) < 4.78 is 1.17. The number of nitrogens with zero attached hydrogens (tertiary/aromatic N) is 1. The number of carboxylic acid groups (broad SMARTS) is 1. The topological polar surface area (TPSA) is 92.2 Å². The van der Waals surface area contributed by atoms with E-state index in [0.717, 1.165) is 24.8 Å². The monoisotopic (exact) mass is 316 g/mol. The van der Waals surface area contributed by atoms with Gasteiger partial charge in [0.2, 0.25) is 0 Å². The minimum atomic E-state index is -0.837. The van der Waals surface area contributed by atoms with Gasteiger partial charge in [-0.3, -0.25) is 14.2 Å². The summed E-state index contributed by atoms with van der Waals surface area (Å²) in [5, 5.41) is 9.86. The van der Waals surface area contributed by atoms with Crippen LogP contribution in [0.5, 0.6) is 0 Å². The van der Waals surface area contributed by atoms with Crippen molar-refractivity contribution < 1.29 is 9.90 Å². The average Bonchev–Trinajstić information content (AvgIpc) is 2.51. The Hall–Kier alpha value is -2.37. The first-order chi connectivity index (χ1) is 11.0. The van der Waals surface area contributed by atoms with E-state index in [1.165, 1.54) is 4.57 Å². The summed E-state index contributed by atoms with van der Waals surface area (Å²) in [6.07, 6.45) is 3.16. The molecule has 0 saturated heterocycles. The fraction of sp³-hybridized carbons (Fsp3) is 0.471. The van der Waals surface area contributed by atoms with Crippen LogP contribution >= 0.6 is 0 Å². The lowest BCUT2D eigenvalue weighted by atomic mass is 9.79. The molecule has 1 heterocycles. The van der Waals surface area contributed by atoms with Gasteiger partial charge < -0.3 is 10.1 Å². The maximum absolute atomic E-state index is 12.7. The van der Waals surface area contributed by atoms with Crippen molar-refractivity contribution in [1.82, 2.24) is 9.55 Å². The fourth-order valence-electron chi connectivity index (χ4n) is 3.62. The third kappa shape index (κ3) is 2.81. The zero-order valence-electron chi connectivity index (χ0n) is 13.0. The molecule has 0 aliphatic heterocycles. The number of nitrogens with one attached hydrogen (secondary N) is 1. The van der Waals surface area contributed by atoms with Crippen molar-refractivity contribution in [1.29, 1.82) is 0 Å². The van der Waals surface area contributed by atoms with E-state index in [4.69, 9.17) is 0 Å². The molecule has 0 spiro atoms. The third-order valence-electron chi connectivity index (χ3n) is 4.86. The number of carboxylic acids is 1. The highest BCUT2D eigenvalue weighted by Gasteiger charge is 2.31. The minimum absolute atomic E-state index is 0.162. The summed E-state index contributed by atoms with van der Waals surface area (Å²) in [5.41, 5.74) is 0.519. The Balaban J connectivity index is 2.06. The Kier molecular flexibility index (Phi) is 4.07. The maximum Gasteiger partial charge on any atom is 0.328 e. The Labute approximate surface area is 132 Å². The molecular formula is C17H20N2O4. The standard InChI is InChI=1S/C17H20N2O4/c1-10-5-4-8-13-14(10)15(20)19(17(23)18-13)9-11-6-2-3-7-12(11)16(21)22/h4-5,8,11-12H,2-3,6-7,9H2,1H3,(H,18,23)(H,21,22). The van der Waals surface area contributed by atoms with Gasteiger partial charge in [-0.2, -0.15) is 0 Å². The molecule has 1 aromatic heterocycles. The number of aromatic amines is 1. The molecule has 2 N–H and O–H groups in total. The number of aryl methyl sites for hydroxylation is 1. The molecule has 1 fully saturated rings. The summed E-state index contributed by atoms with van der Waals surface area (Å²) in [4.78, 5) is 39.1. The second-order valence-electron chi connectivity index (χ2n) is 6.33. The van der Waals surface area contributed by atoms with E-state index in [9.17, 15) is 19.5 Å². The highest BCUT2D eigenvalue weighted by atomic mass is 16.4. The van der Waals surface area contributed by atoms with Gasteiger partial charge in [0.15, 0.2) is 0 Å². The van der Waals surface area contributed by atoms with E-state index >= 15 is 0 Å². The molecular weight excluding hydrogens is 296 g/mol. The van der Waals surface area contributed by atoms with Gasteiger partial charge >= 0.3 is 11.7 Å². The van der Waals surface area contributed by atoms with Gasteiger partial charge in [-0.25, -0.2) is 4.79 Å². The van der Waals surface area contributed by atoms with Gasteiger partial charge in [0.25, 0.3) is 5.56 Å². The van der Waals surface area contributed by atoms with E-state index in [1.54, 1.807) is 12.1 Å². The van der Waals surface area contributed by atoms with Crippen molar-refractivity contribution in [2.24, 2.45) is 11.8 Å². The molecule has 3 rings (SSSR count). The molecule has 2 aromatic rings. The van der Waals surface area contributed by atoms with E-state index in [0.29, 0.717) is 17.3 Å². The number of hydrogen-bond donors (Lipinski definition) is 2. The molecule has 122 valence electrons. The van der Waals surface area contributed by atoms with Gasteiger partial charge in [0.05, 0.1) is 16.8 Å². The van der Waals surface area contributed by atoms with Crippen LogP contribution in [0.2, 0.25) is 0 Å². The quantitative estimate of drug-likeness (QED) is 0.904. The first kappa shape index (κ1) is 15.5. The highest BCUT2D eigenvalue weighted by molar-refractivity contribution is 5.80. The molecule has 1 aliphatic carbocycles. The second-order valence-corrected chi connectivity index (χ2v) is 6.33. The Morgan fingerprint density at radius 2 is 2.04 bits per heavy atom. The summed E-state index contributed by atoms with van der Waals surface area (Å²) in [5.74, 6) is -1.50. The fourth-order valence-corrected chi connectivity index (χ4v) is 3.62. The Morgan fingerprint density at radius 1 is 1.30 bits per heavy atom. The molecule has 0 radical (unpaired) electrons. The van der Waals surface area contributed by atoms with Crippen LogP contribution in [0.15, 0.2) is 27.8 Å². The molecule has 1 saturated carbocycles. The Morgan fingerprint density at radius 3 is 2.78 bits per heavy atom. The zero-order valence-corrected chi connectivity index (χ0v) is 13.0. The van der Waals surface area contributed by atoms with Crippen LogP contribution in [-0.2, 0) is 11.3 Å². The van der Waals surface area contributed by atoms with Gasteiger partial charge in [-0.1, -0.05) is 25.0 Å². The molecule has 2 unspecified atom stereocenters. The van der Waals surface area contributed by atoms with Crippen molar-refractivity contribution in [3.8, 4) is 0 Å². The number of aromatic nitrogens is 2. The number of H-pyrrole nitrogens is 1. The molecule has 6 nitrogen and oxygen atoms in total. The second kappa shape index (κ2) is 6.02. The van der Waals surface area contributed by atoms with E-state index < -0.39 is 17.6 Å². The predicted octanol–water partition coefficient (Wildman–Crippen LogP) is 1.89. The molecule has 0 amide bonds. The van der Waals surface area contributed by atoms with Crippen LogP contribution < -0.4 is 11.2 Å². The van der Waals surface area contributed by atoms with Crippen molar-refractivity contribution >= 4 is 16.9 Å². The van der Waals surface area contributed by atoms with Crippen LogP contribution in [0.1, 0.15) is 31.2 Å². The maximum atomic E-state index is 12.7. The summed E-state index contributed by atoms with van der Waals surface area (Å²) >= 11 is 0. The molecule has 6 heteroatoms. The number of benzene rings is 1. The number of aliphatic carboxylic acids is 1. The summed E-state index contributed by atoms with van der Waals surface area (Å²) in [6.45, 7) is 1.99. The largest absolute Gasteiger partial charge is 0.481 e. The van der Waals surface area contributed by atoms with Crippen LogP contribution in [0.4, 0.5) is 0 Å². The van der Waals surface area contributed by atoms with Crippen molar-refractivity contribution in [3.63, 3.8) is 0 Å². The number of rotatable bonds is 3. The predicted molar refractivity (Wildman–Crippen MR) is 86.6 cm³/mol. The smallest absolute Gasteiger partial charge is 0.328 e. The molecule has 1 aromatic carbocycles. The zero-order chi connectivity index (χ0) is 16.6. The van der Waals surface area contributed by atoms with Crippen LogP contribution in [0, 0.1) is 18.8 Å². The van der Waals surface area contributed by atoms with Crippen molar-refractivity contribution in [2.75, 3.05) is 0 Å². The Bertz CT molecular complexity index is 865. The lowest BCUT2D eigenvalue weighted by Gasteiger charge is -2.28. The highest BCUT2D eigenvalue weighted by Crippen LogP contribution is 2.31. The van der Waals surface area contributed by atoms with Gasteiger partial charge in [0.1, 0.15) is 0 Å². The third-order valence-corrected chi connectivity index (χ3v) is 4.86.